The molecule has 19 heavy (non-hydrogen) atoms. The highest BCUT2D eigenvalue weighted by molar-refractivity contribution is 7.11. The number of carbonyl (C=O) groups excluding carboxylic acids is 1. The predicted molar refractivity (Wildman–Crippen MR) is 71.9 cm³/mol. The molecule has 0 bridgehead atoms. The van der Waals surface area contributed by atoms with Crippen LogP contribution in [0.25, 0.3) is 0 Å². The van der Waals surface area contributed by atoms with Crippen LogP contribution >= 0.6 is 11.3 Å². The van der Waals surface area contributed by atoms with Gasteiger partial charge in [0.2, 0.25) is 0 Å². The number of nitrogens with zero attached hydrogens (tertiary/aromatic N) is 1. The van der Waals surface area contributed by atoms with Crippen LogP contribution in [0.5, 0.6) is 0 Å². The Bertz CT molecular complexity index is 598. The van der Waals surface area contributed by atoms with Crippen molar-refractivity contribution < 1.29 is 13.9 Å². The van der Waals surface area contributed by atoms with Gasteiger partial charge in [0.1, 0.15) is 11.4 Å². The van der Waals surface area contributed by atoms with Gasteiger partial charge in [-0.3, -0.25) is 0 Å². The molecule has 0 aliphatic heterocycles. The van der Waals surface area contributed by atoms with Gasteiger partial charge in [-0.2, -0.15) is 0 Å². The molecule has 0 aliphatic carbocycles. The highest BCUT2D eigenvalue weighted by Gasteiger charge is 2.17. The summed E-state index contributed by atoms with van der Waals surface area (Å²) in [5.41, 5.74) is 0.337. The molecular formula is C13H13FN2O2S. The lowest BCUT2D eigenvalue weighted by Crippen LogP contribution is -2.10. The van der Waals surface area contributed by atoms with Crippen LogP contribution in [-0.2, 0) is 11.3 Å². The summed E-state index contributed by atoms with van der Waals surface area (Å²) in [6, 6.07) is 4.42. The average Bonchev–Trinajstić information content (AvgIpc) is 2.81. The van der Waals surface area contributed by atoms with Crippen molar-refractivity contribution in [1.29, 1.82) is 0 Å². The predicted octanol–water partition coefficient (Wildman–Crippen LogP) is 2.99. The number of aryl methyl sites for hydroxylation is 1. The Morgan fingerprint density at radius 2 is 2.32 bits per heavy atom. The number of methoxy groups -OCH3 is 1. The molecule has 0 radical (unpaired) electrons. The standard InChI is InChI=1S/C13H13FN2O2S/c1-8-15-6-9(19-8)7-16-11-5-3-4-10(14)12(11)13(17)18-2/h3-6,16H,7H2,1-2H3. The average molecular weight is 280 g/mol. The molecule has 0 atom stereocenters. The zero-order chi connectivity index (χ0) is 13.8. The Morgan fingerprint density at radius 1 is 1.53 bits per heavy atom. The van der Waals surface area contributed by atoms with Crippen LogP contribution in [0.2, 0.25) is 0 Å². The highest BCUT2D eigenvalue weighted by Crippen LogP contribution is 2.21. The number of anilines is 1. The summed E-state index contributed by atoms with van der Waals surface area (Å²) >= 11 is 1.55. The van der Waals surface area contributed by atoms with Crippen molar-refractivity contribution in [2.24, 2.45) is 0 Å². The van der Waals surface area contributed by atoms with Crippen molar-refractivity contribution in [3.05, 3.63) is 45.7 Å². The van der Waals surface area contributed by atoms with E-state index < -0.39 is 11.8 Å². The molecule has 2 aromatic rings. The summed E-state index contributed by atoms with van der Waals surface area (Å²) in [5.74, 6) is -1.29. The number of esters is 1. The summed E-state index contributed by atoms with van der Waals surface area (Å²) in [4.78, 5) is 16.7. The molecule has 0 unspecified atom stereocenters. The van der Waals surface area contributed by atoms with Crippen molar-refractivity contribution in [2.45, 2.75) is 13.5 Å². The Labute approximate surface area is 114 Å². The summed E-state index contributed by atoms with van der Waals surface area (Å²) < 4.78 is 18.3. The molecule has 0 amide bonds. The molecule has 6 heteroatoms. The van der Waals surface area contributed by atoms with Gasteiger partial charge in [0.25, 0.3) is 0 Å². The smallest absolute Gasteiger partial charge is 0.342 e. The second-order valence-corrected chi connectivity index (χ2v) is 5.17. The minimum atomic E-state index is -0.693. The number of hydrogen-bond acceptors (Lipinski definition) is 5. The fraction of sp³-hybridized carbons (Fsp3) is 0.231. The monoisotopic (exact) mass is 280 g/mol. The van der Waals surface area contributed by atoms with Crippen LogP contribution in [0.4, 0.5) is 10.1 Å². The van der Waals surface area contributed by atoms with E-state index in [0.717, 1.165) is 9.88 Å². The summed E-state index contributed by atoms with van der Waals surface area (Å²) in [7, 11) is 1.23. The largest absolute Gasteiger partial charge is 0.465 e. The molecule has 0 fully saturated rings. The Hall–Kier alpha value is -1.95. The molecule has 1 N–H and O–H groups in total. The molecule has 1 aromatic heterocycles. The van der Waals surface area contributed by atoms with E-state index >= 15 is 0 Å². The van der Waals surface area contributed by atoms with E-state index in [9.17, 15) is 9.18 Å². The van der Waals surface area contributed by atoms with Crippen LogP contribution in [0, 0.1) is 12.7 Å². The maximum Gasteiger partial charge on any atom is 0.342 e. The van der Waals surface area contributed by atoms with Gasteiger partial charge < -0.3 is 10.1 Å². The Morgan fingerprint density at radius 3 is 2.95 bits per heavy atom. The number of hydrogen-bond donors (Lipinski definition) is 1. The molecule has 1 heterocycles. The lowest BCUT2D eigenvalue weighted by Gasteiger charge is -2.10. The fourth-order valence-electron chi connectivity index (χ4n) is 1.65. The Balaban J connectivity index is 2.20. The maximum absolute atomic E-state index is 13.7. The van der Waals surface area contributed by atoms with Gasteiger partial charge in [-0.15, -0.1) is 11.3 Å². The van der Waals surface area contributed by atoms with Crippen molar-refractivity contribution in [3.63, 3.8) is 0 Å². The first-order valence-corrected chi connectivity index (χ1v) is 6.45. The van der Waals surface area contributed by atoms with Gasteiger partial charge in [-0.25, -0.2) is 14.2 Å². The number of rotatable bonds is 4. The zero-order valence-corrected chi connectivity index (χ0v) is 11.4. The molecule has 4 nitrogen and oxygen atoms in total. The van der Waals surface area contributed by atoms with Gasteiger partial charge in [-0.05, 0) is 19.1 Å². The second kappa shape index (κ2) is 5.79. The first-order valence-electron chi connectivity index (χ1n) is 5.64. The van der Waals surface area contributed by atoms with Crippen LogP contribution in [0.15, 0.2) is 24.4 Å². The van der Waals surface area contributed by atoms with Crippen LogP contribution in [-0.4, -0.2) is 18.1 Å². The number of nitrogens with one attached hydrogen (secondary N) is 1. The summed E-state index contributed by atoms with van der Waals surface area (Å²) in [6.07, 6.45) is 1.75. The van der Waals surface area contributed by atoms with Crippen molar-refractivity contribution >= 4 is 23.0 Å². The molecule has 0 saturated heterocycles. The van der Waals surface area contributed by atoms with Gasteiger partial charge in [0.05, 0.1) is 24.3 Å². The summed E-state index contributed by atoms with van der Waals surface area (Å²) in [6.45, 7) is 2.40. The van der Waals surface area contributed by atoms with E-state index in [1.54, 1.807) is 29.7 Å². The van der Waals surface area contributed by atoms with Crippen LogP contribution < -0.4 is 5.32 Å². The first kappa shape index (κ1) is 13.5. The van der Waals surface area contributed by atoms with Gasteiger partial charge in [-0.1, -0.05) is 6.07 Å². The number of ether oxygens (including phenoxy) is 1. The third-order valence-electron chi connectivity index (χ3n) is 2.53. The topological polar surface area (TPSA) is 51.2 Å². The van der Waals surface area contributed by atoms with Crippen molar-refractivity contribution in [3.8, 4) is 0 Å². The SMILES string of the molecule is COC(=O)c1c(F)cccc1NCc1cnc(C)s1. The molecule has 0 saturated carbocycles. The highest BCUT2D eigenvalue weighted by atomic mass is 32.1. The summed E-state index contributed by atoms with van der Waals surface area (Å²) in [5, 5.41) is 3.99. The van der Waals surface area contributed by atoms with E-state index in [1.165, 1.54) is 13.2 Å². The van der Waals surface area contributed by atoms with E-state index in [2.05, 4.69) is 15.0 Å². The minimum Gasteiger partial charge on any atom is -0.465 e. The number of thiazole rings is 1. The Kier molecular flexibility index (Phi) is 4.11. The molecule has 2 rings (SSSR count). The minimum absolute atomic E-state index is 0.0776. The van der Waals surface area contributed by atoms with Crippen LogP contribution in [0.1, 0.15) is 20.2 Å². The quantitative estimate of drug-likeness (QED) is 0.875. The van der Waals surface area contributed by atoms with Crippen molar-refractivity contribution in [2.75, 3.05) is 12.4 Å². The third kappa shape index (κ3) is 3.08. The van der Waals surface area contributed by atoms with Crippen LogP contribution in [0.3, 0.4) is 0 Å². The van der Waals surface area contributed by atoms with Gasteiger partial charge >= 0.3 is 5.97 Å². The second-order valence-electron chi connectivity index (χ2n) is 3.85. The van der Waals surface area contributed by atoms with Gasteiger partial charge in [0.15, 0.2) is 0 Å². The lowest BCUT2D eigenvalue weighted by atomic mass is 10.1. The third-order valence-corrected chi connectivity index (χ3v) is 3.44. The molecular weight excluding hydrogens is 267 g/mol. The number of benzene rings is 1. The number of carbonyl (C=O) groups is 1. The lowest BCUT2D eigenvalue weighted by molar-refractivity contribution is 0.0596. The van der Waals surface area contributed by atoms with E-state index in [4.69, 9.17) is 0 Å². The van der Waals surface area contributed by atoms with E-state index in [1.807, 2.05) is 6.92 Å². The zero-order valence-electron chi connectivity index (χ0n) is 10.6. The molecule has 0 aliphatic rings. The fourth-order valence-corrected chi connectivity index (χ4v) is 2.38. The number of aromatic nitrogens is 1. The van der Waals surface area contributed by atoms with Crippen molar-refractivity contribution in [1.82, 2.24) is 4.98 Å². The molecule has 0 spiro atoms. The molecule has 1 aromatic carbocycles. The normalized spacial score (nSPS) is 10.3. The van der Waals surface area contributed by atoms with E-state index in [-0.39, 0.29) is 5.56 Å². The molecule has 100 valence electrons. The maximum atomic E-state index is 13.7. The van der Waals surface area contributed by atoms with Gasteiger partial charge in [0, 0.05) is 11.1 Å². The number of halogens is 1. The van der Waals surface area contributed by atoms with E-state index in [0.29, 0.717) is 12.2 Å². The first-order chi connectivity index (χ1) is 9.11.